The first-order chi connectivity index (χ1) is 19.4. The van der Waals surface area contributed by atoms with Crippen molar-refractivity contribution in [1.82, 2.24) is 14.3 Å². The number of nitrogens with zero attached hydrogens (tertiary/aromatic N) is 2. The van der Waals surface area contributed by atoms with Crippen LogP contribution in [0.2, 0.25) is 5.02 Å². The second-order valence-electron chi connectivity index (χ2n) is 10.2. The summed E-state index contributed by atoms with van der Waals surface area (Å²) in [7, 11) is -3.76. The van der Waals surface area contributed by atoms with Crippen LogP contribution >= 0.6 is 11.6 Å². The number of aryl methyl sites for hydroxylation is 1. The molecule has 1 aromatic heterocycles. The van der Waals surface area contributed by atoms with Gasteiger partial charge in [-0.25, -0.2) is 13.4 Å². The standard InChI is InChI=1S/C31H29ClN4O3S/c32-24-13-11-22-12-15-26(19-23(22)18-24)40(38,39)36-17-5-9-29(36)31-34-27-16-14-25(20-28(27)35-31)33-30(37)10-4-8-21-6-2-1-3-7-21/h1-3,6-7,11-16,18-20,29H,4-5,8-10,17H2,(H,33,37)(H,34,35). The Kier molecular flexibility index (Phi) is 7.31. The number of sulfonamides is 1. The molecule has 0 bridgehead atoms. The number of hydrogen-bond acceptors (Lipinski definition) is 4. The molecule has 204 valence electrons. The van der Waals surface area contributed by atoms with Gasteiger partial charge in [-0.15, -0.1) is 0 Å². The molecule has 2 heterocycles. The van der Waals surface area contributed by atoms with Crippen molar-refractivity contribution in [2.24, 2.45) is 0 Å². The first-order valence-corrected chi connectivity index (χ1v) is 15.2. The number of anilines is 1. The maximum Gasteiger partial charge on any atom is 0.243 e. The first-order valence-electron chi connectivity index (χ1n) is 13.4. The fourth-order valence-electron chi connectivity index (χ4n) is 5.38. The number of aromatic amines is 1. The van der Waals surface area contributed by atoms with Gasteiger partial charge in [0.25, 0.3) is 0 Å². The molecule has 1 saturated heterocycles. The van der Waals surface area contributed by atoms with Crippen molar-refractivity contribution in [3.05, 3.63) is 101 Å². The molecule has 1 atom stereocenters. The van der Waals surface area contributed by atoms with Crippen molar-refractivity contribution >= 4 is 55.0 Å². The third-order valence-electron chi connectivity index (χ3n) is 7.40. The molecule has 0 saturated carbocycles. The maximum atomic E-state index is 13.7. The van der Waals surface area contributed by atoms with Gasteiger partial charge in [0.2, 0.25) is 15.9 Å². The molecule has 1 amide bonds. The molecule has 2 N–H and O–H groups in total. The molecule has 5 aromatic rings. The van der Waals surface area contributed by atoms with E-state index in [2.05, 4.69) is 22.4 Å². The van der Waals surface area contributed by atoms with Gasteiger partial charge in [-0.05, 0) is 84.5 Å². The Morgan fingerprint density at radius 3 is 2.67 bits per heavy atom. The second kappa shape index (κ2) is 11.0. The Labute approximate surface area is 238 Å². The van der Waals surface area contributed by atoms with Crippen LogP contribution in [0, 0.1) is 0 Å². The summed E-state index contributed by atoms with van der Waals surface area (Å²) in [6.45, 7) is 0.419. The zero-order chi connectivity index (χ0) is 27.7. The van der Waals surface area contributed by atoms with Crippen molar-refractivity contribution in [2.45, 2.75) is 43.0 Å². The minimum Gasteiger partial charge on any atom is -0.341 e. The quantitative estimate of drug-likeness (QED) is 0.212. The zero-order valence-corrected chi connectivity index (χ0v) is 23.4. The number of benzene rings is 4. The lowest BCUT2D eigenvalue weighted by Crippen LogP contribution is -2.31. The van der Waals surface area contributed by atoms with Crippen LogP contribution in [0.4, 0.5) is 5.69 Å². The van der Waals surface area contributed by atoms with E-state index in [1.807, 2.05) is 48.5 Å². The summed E-state index contributed by atoms with van der Waals surface area (Å²) < 4.78 is 29.0. The Hall–Kier alpha value is -3.72. The number of nitrogens with one attached hydrogen (secondary N) is 2. The van der Waals surface area contributed by atoms with Crippen LogP contribution in [0.1, 0.15) is 43.1 Å². The predicted octanol–water partition coefficient (Wildman–Crippen LogP) is 6.86. The lowest BCUT2D eigenvalue weighted by molar-refractivity contribution is -0.116. The van der Waals surface area contributed by atoms with Crippen LogP contribution in [0.3, 0.4) is 0 Å². The minimum absolute atomic E-state index is 0.0419. The van der Waals surface area contributed by atoms with Crippen molar-refractivity contribution in [2.75, 3.05) is 11.9 Å². The Morgan fingerprint density at radius 1 is 1.00 bits per heavy atom. The molecule has 0 aliphatic carbocycles. The molecular formula is C31H29ClN4O3S. The number of imidazole rings is 1. The van der Waals surface area contributed by atoms with Crippen molar-refractivity contribution in [1.29, 1.82) is 0 Å². The predicted molar refractivity (Wildman–Crippen MR) is 159 cm³/mol. The molecular weight excluding hydrogens is 544 g/mol. The number of amides is 1. The average Bonchev–Trinajstić information content (AvgIpc) is 3.61. The van der Waals surface area contributed by atoms with E-state index < -0.39 is 16.1 Å². The van der Waals surface area contributed by atoms with Gasteiger partial charge < -0.3 is 10.3 Å². The highest BCUT2D eigenvalue weighted by molar-refractivity contribution is 7.89. The molecule has 9 heteroatoms. The third-order valence-corrected chi connectivity index (χ3v) is 9.53. The number of rotatable bonds is 8. The van der Waals surface area contributed by atoms with Crippen molar-refractivity contribution in [3.63, 3.8) is 0 Å². The smallest absolute Gasteiger partial charge is 0.243 e. The Bertz CT molecular complexity index is 1800. The molecule has 1 fully saturated rings. The first kappa shape index (κ1) is 26.5. The van der Waals surface area contributed by atoms with Gasteiger partial charge in [0, 0.05) is 23.7 Å². The second-order valence-corrected chi connectivity index (χ2v) is 12.5. The summed E-state index contributed by atoms with van der Waals surface area (Å²) in [5, 5.41) is 5.24. The number of H-pyrrole nitrogens is 1. The maximum absolute atomic E-state index is 13.7. The number of hydrogen-bond donors (Lipinski definition) is 2. The lowest BCUT2D eigenvalue weighted by atomic mass is 10.1. The molecule has 1 unspecified atom stereocenters. The summed E-state index contributed by atoms with van der Waals surface area (Å²) in [6, 6.07) is 25.8. The Morgan fingerprint density at radius 2 is 1.82 bits per heavy atom. The number of fused-ring (bicyclic) bond motifs is 2. The van der Waals surface area contributed by atoms with Crippen molar-refractivity contribution in [3.8, 4) is 0 Å². The average molecular weight is 573 g/mol. The number of halogens is 1. The van der Waals surface area contributed by atoms with Crippen LogP contribution in [0.25, 0.3) is 21.8 Å². The van der Waals surface area contributed by atoms with E-state index in [1.54, 1.807) is 24.3 Å². The summed E-state index contributed by atoms with van der Waals surface area (Å²) in [4.78, 5) is 20.8. The number of aromatic nitrogens is 2. The monoisotopic (exact) mass is 572 g/mol. The van der Waals surface area contributed by atoms with E-state index in [1.165, 1.54) is 9.87 Å². The molecule has 1 aliphatic rings. The largest absolute Gasteiger partial charge is 0.341 e. The molecule has 6 rings (SSSR count). The minimum atomic E-state index is -3.76. The third kappa shape index (κ3) is 5.47. The summed E-state index contributed by atoms with van der Waals surface area (Å²) in [5.74, 6) is 0.561. The van der Waals surface area contributed by atoms with E-state index in [9.17, 15) is 13.2 Å². The fraction of sp³-hybridized carbons (Fsp3) is 0.226. The summed E-state index contributed by atoms with van der Waals surface area (Å²) in [6.07, 6.45) is 3.46. The van der Waals surface area contributed by atoms with E-state index in [4.69, 9.17) is 16.6 Å². The van der Waals surface area contributed by atoms with Crippen LogP contribution in [0.15, 0.2) is 89.8 Å². The van der Waals surface area contributed by atoms with Gasteiger partial charge in [0.05, 0.1) is 22.0 Å². The van der Waals surface area contributed by atoms with Gasteiger partial charge in [0.15, 0.2) is 0 Å². The van der Waals surface area contributed by atoms with E-state index in [0.717, 1.165) is 41.1 Å². The molecule has 40 heavy (non-hydrogen) atoms. The van der Waals surface area contributed by atoms with Gasteiger partial charge >= 0.3 is 0 Å². The zero-order valence-electron chi connectivity index (χ0n) is 21.8. The topological polar surface area (TPSA) is 95.2 Å². The van der Waals surface area contributed by atoms with Crippen LogP contribution in [0.5, 0.6) is 0 Å². The van der Waals surface area contributed by atoms with E-state index in [0.29, 0.717) is 35.9 Å². The van der Waals surface area contributed by atoms with Gasteiger partial charge in [-0.2, -0.15) is 4.31 Å². The van der Waals surface area contributed by atoms with Gasteiger partial charge in [-0.1, -0.05) is 54.1 Å². The normalized spacial score (nSPS) is 16.1. The summed E-state index contributed by atoms with van der Waals surface area (Å²) in [5.41, 5.74) is 3.37. The van der Waals surface area contributed by atoms with E-state index >= 15 is 0 Å². The molecule has 4 aromatic carbocycles. The SMILES string of the molecule is O=C(CCCc1ccccc1)Nc1ccc2nc(C3CCCN3S(=O)(=O)c3ccc4ccc(Cl)cc4c3)[nH]c2c1. The number of carbonyl (C=O) groups excluding carboxylic acids is 1. The number of carbonyl (C=O) groups is 1. The van der Waals surface area contributed by atoms with Gasteiger partial charge in [0.1, 0.15) is 5.82 Å². The highest BCUT2D eigenvalue weighted by atomic mass is 35.5. The summed E-state index contributed by atoms with van der Waals surface area (Å²) >= 11 is 6.14. The molecule has 7 nitrogen and oxygen atoms in total. The van der Waals surface area contributed by atoms with Crippen LogP contribution in [-0.4, -0.2) is 35.1 Å². The highest BCUT2D eigenvalue weighted by Crippen LogP contribution is 2.37. The Balaban J connectivity index is 1.17. The van der Waals surface area contributed by atoms with E-state index in [-0.39, 0.29) is 10.8 Å². The molecule has 0 radical (unpaired) electrons. The van der Waals surface area contributed by atoms with Crippen LogP contribution in [-0.2, 0) is 21.2 Å². The molecule has 1 aliphatic heterocycles. The fourth-order valence-corrected chi connectivity index (χ4v) is 7.26. The molecule has 0 spiro atoms. The van der Waals surface area contributed by atoms with Gasteiger partial charge in [-0.3, -0.25) is 4.79 Å². The van der Waals surface area contributed by atoms with Crippen LogP contribution < -0.4 is 5.32 Å². The lowest BCUT2D eigenvalue weighted by Gasteiger charge is -2.22. The highest BCUT2D eigenvalue weighted by Gasteiger charge is 2.38. The van der Waals surface area contributed by atoms with Crippen molar-refractivity contribution < 1.29 is 13.2 Å².